The molecular formula is C23H31ClN2O. The zero-order chi connectivity index (χ0) is 18.4. The van der Waals surface area contributed by atoms with Crippen molar-refractivity contribution in [1.29, 1.82) is 0 Å². The van der Waals surface area contributed by atoms with Crippen LogP contribution in [0.4, 0.5) is 0 Å². The number of hydrogen-bond donors (Lipinski definition) is 0. The Morgan fingerprint density at radius 2 is 1.81 bits per heavy atom. The van der Waals surface area contributed by atoms with Gasteiger partial charge in [-0.15, -0.1) is 0 Å². The van der Waals surface area contributed by atoms with E-state index in [1.165, 1.54) is 57.2 Å². The van der Waals surface area contributed by atoms with E-state index in [-0.39, 0.29) is 5.92 Å². The number of carbonyl (C=O) groups excluding carboxylic acids is 1. The summed E-state index contributed by atoms with van der Waals surface area (Å²) in [5, 5.41) is 0.770. The number of nitrogens with zero attached hydrogens (tertiary/aromatic N) is 2. The van der Waals surface area contributed by atoms with Crippen LogP contribution in [0.15, 0.2) is 24.3 Å². The average Bonchev–Trinajstić information content (AvgIpc) is 3.47. The van der Waals surface area contributed by atoms with Gasteiger partial charge in [0.15, 0.2) is 0 Å². The summed E-state index contributed by atoms with van der Waals surface area (Å²) in [7, 11) is 0. The van der Waals surface area contributed by atoms with Crippen molar-refractivity contribution in [3.8, 4) is 0 Å². The molecule has 1 aromatic rings. The van der Waals surface area contributed by atoms with Crippen LogP contribution in [-0.2, 0) is 4.79 Å². The van der Waals surface area contributed by atoms with Crippen molar-refractivity contribution in [2.24, 2.45) is 17.8 Å². The Kier molecular flexibility index (Phi) is 4.94. The largest absolute Gasteiger partial charge is 0.342 e. The summed E-state index contributed by atoms with van der Waals surface area (Å²) < 4.78 is 0. The Morgan fingerprint density at radius 3 is 2.56 bits per heavy atom. The molecule has 4 heteroatoms. The number of carbonyl (C=O) groups is 1. The van der Waals surface area contributed by atoms with Gasteiger partial charge in [0.1, 0.15) is 0 Å². The standard InChI is InChI=1S/C23H31ClN2O/c24-19-8-6-17(7-9-19)20-12-21(20)23(27)25-11-10-22-18(14-25)15-26(22)13-16-4-2-1-3-5-16/h6-9,16,18,20-22H,1-5,10-15H2/t18-,20+,21+,22+/m0/s1. The highest BCUT2D eigenvalue weighted by Gasteiger charge is 2.49. The predicted molar refractivity (Wildman–Crippen MR) is 109 cm³/mol. The lowest BCUT2D eigenvalue weighted by Gasteiger charge is -2.54. The number of piperidine rings is 1. The van der Waals surface area contributed by atoms with E-state index in [9.17, 15) is 4.79 Å². The molecule has 2 aliphatic heterocycles. The molecule has 2 heterocycles. The molecule has 146 valence electrons. The van der Waals surface area contributed by atoms with Crippen molar-refractivity contribution in [1.82, 2.24) is 9.80 Å². The molecule has 1 amide bonds. The molecule has 5 rings (SSSR count). The van der Waals surface area contributed by atoms with Gasteiger partial charge in [-0.05, 0) is 55.2 Å². The summed E-state index contributed by atoms with van der Waals surface area (Å²) in [4.78, 5) is 17.9. The van der Waals surface area contributed by atoms with Gasteiger partial charge in [-0.3, -0.25) is 9.69 Å². The highest BCUT2D eigenvalue weighted by Crippen LogP contribution is 2.49. The number of rotatable bonds is 4. The monoisotopic (exact) mass is 386 g/mol. The fourth-order valence-electron chi connectivity index (χ4n) is 5.87. The SMILES string of the molecule is O=C([C@@H]1C[C@@H]1c1ccc(Cl)cc1)N1CC[C@@H]2[C@@H](C1)CN2CC1CCCCC1. The third-order valence-corrected chi connectivity index (χ3v) is 7.82. The van der Waals surface area contributed by atoms with Crippen molar-refractivity contribution < 1.29 is 4.79 Å². The van der Waals surface area contributed by atoms with Crippen molar-refractivity contribution in [2.45, 2.75) is 56.9 Å². The van der Waals surface area contributed by atoms with Crippen LogP contribution in [0.5, 0.6) is 0 Å². The second-order valence-electron chi connectivity index (χ2n) is 9.36. The Bertz CT molecular complexity index is 684. The van der Waals surface area contributed by atoms with Gasteiger partial charge >= 0.3 is 0 Å². The molecule has 4 fully saturated rings. The van der Waals surface area contributed by atoms with Crippen LogP contribution >= 0.6 is 11.6 Å². The molecular weight excluding hydrogens is 356 g/mol. The average molecular weight is 387 g/mol. The van der Waals surface area contributed by atoms with E-state index in [2.05, 4.69) is 21.9 Å². The zero-order valence-electron chi connectivity index (χ0n) is 16.2. The molecule has 4 aliphatic rings. The van der Waals surface area contributed by atoms with Gasteiger partial charge in [-0.1, -0.05) is 43.0 Å². The lowest BCUT2D eigenvalue weighted by atomic mass is 9.80. The maximum absolute atomic E-state index is 13.0. The summed E-state index contributed by atoms with van der Waals surface area (Å²) in [5.41, 5.74) is 1.27. The van der Waals surface area contributed by atoms with E-state index < -0.39 is 0 Å². The van der Waals surface area contributed by atoms with Gasteiger partial charge in [0.2, 0.25) is 5.91 Å². The third kappa shape index (κ3) is 3.65. The summed E-state index contributed by atoms with van der Waals surface area (Å²) in [6.45, 7) is 4.49. The van der Waals surface area contributed by atoms with Gasteiger partial charge in [0.05, 0.1) is 0 Å². The summed E-state index contributed by atoms with van der Waals surface area (Å²) in [6.07, 6.45) is 9.38. The third-order valence-electron chi connectivity index (χ3n) is 7.57. The molecule has 2 aliphatic carbocycles. The number of benzene rings is 1. The minimum absolute atomic E-state index is 0.209. The van der Waals surface area contributed by atoms with E-state index >= 15 is 0 Å². The molecule has 4 atom stereocenters. The van der Waals surface area contributed by atoms with Crippen LogP contribution in [0.2, 0.25) is 5.02 Å². The fourth-order valence-corrected chi connectivity index (χ4v) is 6.00. The second kappa shape index (κ2) is 7.40. The molecule has 3 nitrogen and oxygen atoms in total. The molecule has 27 heavy (non-hydrogen) atoms. The van der Waals surface area contributed by atoms with Crippen molar-refractivity contribution in [3.63, 3.8) is 0 Å². The van der Waals surface area contributed by atoms with E-state index in [4.69, 9.17) is 11.6 Å². The van der Waals surface area contributed by atoms with Crippen LogP contribution in [0.3, 0.4) is 0 Å². The van der Waals surface area contributed by atoms with E-state index in [1.807, 2.05) is 12.1 Å². The van der Waals surface area contributed by atoms with Gasteiger partial charge in [0.25, 0.3) is 0 Å². The lowest BCUT2D eigenvalue weighted by molar-refractivity contribution is -0.140. The molecule has 0 bridgehead atoms. The summed E-state index contributed by atoms with van der Waals surface area (Å²) in [5.74, 6) is 2.68. The number of halogens is 1. The van der Waals surface area contributed by atoms with Crippen LogP contribution in [0, 0.1) is 17.8 Å². The fraction of sp³-hybridized carbons (Fsp3) is 0.696. The molecule has 0 radical (unpaired) electrons. The summed E-state index contributed by atoms with van der Waals surface area (Å²) in [6, 6.07) is 8.81. The number of hydrogen-bond acceptors (Lipinski definition) is 2. The van der Waals surface area contributed by atoms with Gasteiger partial charge in [-0.2, -0.15) is 0 Å². The maximum Gasteiger partial charge on any atom is 0.226 e. The predicted octanol–water partition coefficient (Wildman–Crippen LogP) is 4.56. The first-order chi connectivity index (χ1) is 13.2. The molecule has 0 N–H and O–H groups in total. The van der Waals surface area contributed by atoms with Crippen LogP contribution < -0.4 is 0 Å². The van der Waals surface area contributed by atoms with Crippen LogP contribution in [-0.4, -0.2) is 47.9 Å². The minimum Gasteiger partial charge on any atom is -0.342 e. The summed E-state index contributed by atoms with van der Waals surface area (Å²) >= 11 is 5.99. The molecule has 0 unspecified atom stereocenters. The maximum atomic E-state index is 13.0. The molecule has 0 spiro atoms. The first-order valence-corrected chi connectivity index (χ1v) is 11.3. The van der Waals surface area contributed by atoms with E-state index in [0.717, 1.165) is 42.4 Å². The Labute approximate surface area is 168 Å². The smallest absolute Gasteiger partial charge is 0.226 e. The molecule has 2 saturated heterocycles. The Balaban J connectivity index is 1.11. The topological polar surface area (TPSA) is 23.6 Å². The van der Waals surface area contributed by atoms with E-state index in [0.29, 0.717) is 11.8 Å². The van der Waals surface area contributed by atoms with Crippen LogP contribution in [0.1, 0.15) is 56.4 Å². The zero-order valence-corrected chi connectivity index (χ0v) is 16.9. The lowest BCUT2D eigenvalue weighted by Crippen LogP contribution is -2.64. The molecule has 1 aromatic carbocycles. The first-order valence-electron chi connectivity index (χ1n) is 11.0. The first kappa shape index (κ1) is 18.0. The normalized spacial score (nSPS) is 34.0. The van der Waals surface area contributed by atoms with Gasteiger partial charge < -0.3 is 4.90 Å². The van der Waals surface area contributed by atoms with Gasteiger partial charge in [-0.25, -0.2) is 0 Å². The number of amides is 1. The van der Waals surface area contributed by atoms with Crippen molar-refractivity contribution >= 4 is 17.5 Å². The highest BCUT2D eigenvalue weighted by atomic mass is 35.5. The van der Waals surface area contributed by atoms with Gasteiger partial charge in [0, 0.05) is 49.1 Å². The van der Waals surface area contributed by atoms with Crippen molar-refractivity contribution in [2.75, 3.05) is 26.2 Å². The quantitative estimate of drug-likeness (QED) is 0.757. The molecule has 2 saturated carbocycles. The highest BCUT2D eigenvalue weighted by molar-refractivity contribution is 6.30. The number of likely N-dealkylation sites (tertiary alicyclic amines) is 2. The molecule has 0 aromatic heterocycles. The second-order valence-corrected chi connectivity index (χ2v) is 9.79. The Hall–Kier alpha value is -1.06. The number of fused-ring (bicyclic) bond motifs is 1. The van der Waals surface area contributed by atoms with Crippen molar-refractivity contribution in [3.05, 3.63) is 34.9 Å². The van der Waals surface area contributed by atoms with E-state index in [1.54, 1.807) is 0 Å². The van der Waals surface area contributed by atoms with Crippen LogP contribution in [0.25, 0.3) is 0 Å². The minimum atomic E-state index is 0.209. The Morgan fingerprint density at radius 1 is 1.04 bits per heavy atom.